The second kappa shape index (κ2) is 5.72. The monoisotopic (exact) mass is 200 g/mol. The number of nitrogens with one attached hydrogen (secondary N) is 1. The maximum absolute atomic E-state index is 5.37. The molecule has 1 aromatic heterocycles. The van der Waals surface area contributed by atoms with Gasteiger partial charge in [-0.05, 0) is 6.92 Å². The van der Waals surface area contributed by atoms with Gasteiger partial charge in [0.1, 0.15) is 12.2 Å². The molecule has 0 saturated carbocycles. The second-order valence-corrected chi connectivity index (χ2v) is 2.78. The van der Waals surface area contributed by atoms with Gasteiger partial charge in [0.05, 0.1) is 6.54 Å². The van der Waals surface area contributed by atoms with Crippen LogP contribution in [0.25, 0.3) is 0 Å². The Morgan fingerprint density at radius 2 is 2.54 bits per heavy atom. The molecule has 72 valence electrons. The molecular weight excluding hydrogens is 188 g/mol. The van der Waals surface area contributed by atoms with E-state index >= 15 is 0 Å². The third-order valence-corrected chi connectivity index (χ3v) is 1.85. The summed E-state index contributed by atoms with van der Waals surface area (Å²) in [6.45, 7) is 4.43. The molecule has 4 nitrogen and oxygen atoms in total. The summed E-state index contributed by atoms with van der Waals surface area (Å²) in [4.78, 5) is 0. The molecule has 0 aliphatic rings. The summed E-state index contributed by atoms with van der Waals surface area (Å²) in [5.74, 6) is 0.950. The van der Waals surface area contributed by atoms with Gasteiger partial charge in [0.25, 0.3) is 0 Å². The molecule has 1 aromatic rings. The fourth-order valence-corrected chi connectivity index (χ4v) is 1.08. The molecule has 0 amide bonds. The van der Waals surface area contributed by atoms with E-state index in [1.54, 1.807) is 6.33 Å². The molecule has 0 spiro atoms. The van der Waals surface area contributed by atoms with E-state index in [0.717, 1.165) is 25.5 Å². The lowest BCUT2D eigenvalue weighted by Gasteiger charge is -2.02. The molecule has 13 heavy (non-hydrogen) atoms. The highest BCUT2D eigenvalue weighted by Gasteiger charge is 1.99. The average Bonchev–Trinajstić information content (AvgIpc) is 2.60. The predicted molar refractivity (Wildman–Crippen MR) is 52.4 cm³/mol. The molecule has 1 N–H and O–H groups in total. The summed E-state index contributed by atoms with van der Waals surface area (Å²) in [7, 11) is 0. The van der Waals surface area contributed by atoms with Crippen LogP contribution in [0.5, 0.6) is 0 Å². The second-order valence-electron chi connectivity index (χ2n) is 2.53. The van der Waals surface area contributed by atoms with Crippen molar-refractivity contribution in [3.05, 3.63) is 23.8 Å². The molecule has 0 atom stereocenters. The Balaban J connectivity index is 2.35. The van der Waals surface area contributed by atoms with Gasteiger partial charge in [0.15, 0.2) is 0 Å². The summed E-state index contributed by atoms with van der Waals surface area (Å²) in [6.07, 6.45) is 3.57. The highest BCUT2D eigenvalue weighted by molar-refractivity contribution is 6.25. The number of nitrogens with zero attached hydrogens (tertiary/aromatic N) is 3. The lowest BCUT2D eigenvalue weighted by molar-refractivity contribution is 0.640. The fraction of sp³-hybridized carbons (Fsp3) is 0.500. The van der Waals surface area contributed by atoms with Gasteiger partial charge in [0, 0.05) is 18.6 Å². The molecule has 0 aliphatic carbocycles. The Labute approximate surface area is 82.6 Å². The number of hydrogen-bond acceptors (Lipinski definition) is 3. The SMILES string of the molecule is CCn1cnnc1CNC/C=C/Cl. The summed E-state index contributed by atoms with van der Waals surface area (Å²) >= 11 is 5.37. The minimum Gasteiger partial charge on any atom is -0.317 e. The first-order valence-corrected chi connectivity index (χ1v) is 4.64. The molecule has 0 aromatic carbocycles. The Hall–Kier alpha value is -0.870. The number of rotatable bonds is 5. The van der Waals surface area contributed by atoms with Gasteiger partial charge < -0.3 is 9.88 Å². The van der Waals surface area contributed by atoms with E-state index in [0.29, 0.717) is 0 Å². The van der Waals surface area contributed by atoms with Crippen LogP contribution in [0.2, 0.25) is 0 Å². The van der Waals surface area contributed by atoms with Crippen molar-refractivity contribution in [3.8, 4) is 0 Å². The first-order valence-electron chi connectivity index (χ1n) is 4.21. The molecule has 0 saturated heterocycles. The molecule has 0 radical (unpaired) electrons. The molecular formula is C8H13ClN4. The van der Waals surface area contributed by atoms with Crippen molar-refractivity contribution in [2.75, 3.05) is 6.54 Å². The van der Waals surface area contributed by atoms with Gasteiger partial charge in [-0.2, -0.15) is 0 Å². The van der Waals surface area contributed by atoms with Crippen molar-refractivity contribution in [1.29, 1.82) is 0 Å². The number of hydrogen-bond donors (Lipinski definition) is 1. The largest absolute Gasteiger partial charge is 0.317 e. The lowest BCUT2D eigenvalue weighted by atomic mass is 10.5. The first kappa shape index (κ1) is 10.2. The van der Waals surface area contributed by atoms with Crippen LogP contribution in [0.4, 0.5) is 0 Å². The zero-order chi connectivity index (χ0) is 9.52. The van der Waals surface area contributed by atoms with E-state index in [2.05, 4.69) is 22.4 Å². The summed E-state index contributed by atoms with van der Waals surface area (Å²) in [5, 5.41) is 11.0. The molecule has 1 heterocycles. The van der Waals surface area contributed by atoms with Gasteiger partial charge >= 0.3 is 0 Å². The predicted octanol–water partition coefficient (Wildman–Crippen LogP) is 1.14. The Morgan fingerprint density at radius 3 is 3.23 bits per heavy atom. The fourth-order valence-electron chi connectivity index (χ4n) is 0.992. The third kappa shape index (κ3) is 3.16. The van der Waals surface area contributed by atoms with Crippen molar-refractivity contribution in [2.24, 2.45) is 0 Å². The zero-order valence-corrected chi connectivity index (χ0v) is 8.33. The van der Waals surface area contributed by atoms with Crippen LogP contribution in [-0.2, 0) is 13.1 Å². The number of aryl methyl sites for hydroxylation is 1. The van der Waals surface area contributed by atoms with Crippen LogP contribution in [0.3, 0.4) is 0 Å². The lowest BCUT2D eigenvalue weighted by Crippen LogP contribution is -2.16. The molecule has 1 rings (SSSR count). The smallest absolute Gasteiger partial charge is 0.146 e. The van der Waals surface area contributed by atoms with E-state index in [4.69, 9.17) is 11.6 Å². The van der Waals surface area contributed by atoms with Crippen LogP contribution < -0.4 is 5.32 Å². The zero-order valence-electron chi connectivity index (χ0n) is 7.57. The normalized spacial score (nSPS) is 11.2. The summed E-state index contributed by atoms with van der Waals surface area (Å²) < 4.78 is 2.00. The van der Waals surface area contributed by atoms with Crippen molar-refractivity contribution < 1.29 is 0 Å². The van der Waals surface area contributed by atoms with E-state index in [9.17, 15) is 0 Å². The minimum atomic E-state index is 0.717. The quantitative estimate of drug-likeness (QED) is 0.725. The van der Waals surface area contributed by atoms with Crippen molar-refractivity contribution in [3.63, 3.8) is 0 Å². The van der Waals surface area contributed by atoms with Crippen molar-refractivity contribution in [1.82, 2.24) is 20.1 Å². The minimum absolute atomic E-state index is 0.717. The van der Waals surface area contributed by atoms with Crippen LogP contribution in [-0.4, -0.2) is 21.3 Å². The van der Waals surface area contributed by atoms with E-state index in [-0.39, 0.29) is 0 Å². The first-order chi connectivity index (χ1) is 6.38. The van der Waals surface area contributed by atoms with Gasteiger partial charge in [-0.1, -0.05) is 17.7 Å². The van der Waals surface area contributed by atoms with Gasteiger partial charge in [-0.25, -0.2) is 0 Å². The van der Waals surface area contributed by atoms with E-state index in [1.807, 2.05) is 10.6 Å². The molecule has 0 unspecified atom stereocenters. The summed E-state index contributed by atoms with van der Waals surface area (Å²) in [5.41, 5.74) is 1.50. The molecule has 0 fully saturated rings. The maximum atomic E-state index is 5.37. The maximum Gasteiger partial charge on any atom is 0.146 e. The van der Waals surface area contributed by atoms with Crippen LogP contribution >= 0.6 is 11.6 Å². The average molecular weight is 201 g/mol. The van der Waals surface area contributed by atoms with Crippen LogP contribution in [0.1, 0.15) is 12.7 Å². The van der Waals surface area contributed by atoms with Gasteiger partial charge in [-0.3, -0.25) is 0 Å². The number of aromatic nitrogens is 3. The topological polar surface area (TPSA) is 42.7 Å². The highest BCUT2D eigenvalue weighted by Crippen LogP contribution is 1.93. The van der Waals surface area contributed by atoms with Gasteiger partial charge in [-0.15, -0.1) is 10.2 Å². The highest BCUT2D eigenvalue weighted by atomic mass is 35.5. The standard InChI is InChI=1S/C8H13ClN4/c1-2-13-7-11-12-8(13)6-10-5-3-4-9/h3-4,7,10H,2,5-6H2,1H3/b4-3+. The Kier molecular flexibility index (Phi) is 4.49. The van der Waals surface area contributed by atoms with Crippen LogP contribution in [0, 0.1) is 0 Å². The van der Waals surface area contributed by atoms with Crippen LogP contribution in [0.15, 0.2) is 17.9 Å². The number of halogens is 1. The Bertz CT molecular complexity index is 269. The molecule has 0 bridgehead atoms. The third-order valence-electron chi connectivity index (χ3n) is 1.67. The van der Waals surface area contributed by atoms with E-state index < -0.39 is 0 Å². The van der Waals surface area contributed by atoms with E-state index in [1.165, 1.54) is 5.54 Å². The van der Waals surface area contributed by atoms with Crippen molar-refractivity contribution in [2.45, 2.75) is 20.0 Å². The van der Waals surface area contributed by atoms with Crippen molar-refractivity contribution >= 4 is 11.6 Å². The Morgan fingerprint density at radius 1 is 1.69 bits per heavy atom. The van der Waals surface area contributed by atoms with Gasteiger partial charge in [0.2, 0.25) is 0 Å². The molecule has 0 aliphatic heterocycles. The molecule has 5 heteroatoms. The summed E-state index contributed by atoms with van der Waals surface area (Å²) in [6, 6.07) is 0.